The molecule has 11 atom stereocenters. The van der Waals surface area contributed by atoms with Crippen LogP contribution >= 0.6 is 0 Å². The number of hydrogen-bond acceptors (Lipinski definition) is 16. The van der Waals surface area contributed by atoms with Crippen LogP contribution in [0.25, 0.3) is 0 Å². The van der Waals surface area contributed by atoms with Crippen LogP contribution in [0, 0.1) is 0 Å². The third-order valence-electron chi connectivity index (χ3n) is 11.3. The summed E-state index contributed by atoms with van der Waals surface area (Å²) in [5.41, 5.74) is 13.4. The highest BCUT2D eigenvalue weighted by Crippen LogP contribution is 2.24. The number of phenols is 2. The lowest BCUT2D eigenvalue weighted by atomic mass is 9.99. The van der Waals surface area contributed by atoms with Gasteiger partial charge in [-0.05, 0) is 67.1 Å². The molecule has 23 heteroatoms. The molecule has 3 aromatic rings. The van der Waals surface area contributed by atoms with Crippen LogP contribution < -0.4 is 38.1 Å². The number of ether oxygens (including phenoxy) is 2. The van der Waals surface area contributed by atoms with Crippen molar-refractivity contribution in [2.45, 2.75) is 106 Å². The minimum atomic E-state index is -1.99. The number of nitrogens with one attached hydrogen (secondary N) is 5. The standard InChI is InChI=1S/C45H58N8O15/c1-23(49-40(63)29(46)18-25-9-13-27(55)14-10-25)39(62)51-30(19-24-6-3-2-4-7-24)41(64)48-21-34(57)50-31(20-26-11-15-28(56)16-12-26)44(66)53-17-5-8-32(53)42(65)52-43(38(47)61)68-45-37(60)36(59)35(58)33(22-54)67-45/h2-4,6-7,9-16,23,29-33,35-37,43,45,54-56,58-60H,5,8,17-22,46H2,1H3,(H2,47,61)(H,48,64)(H,49,63)(H,50,57)(H,51,62)(H,52,65)/t23-,29+,30+,31+,32+,33-,35+,36+,37-,43+,45-/m1/s1. The average molecular weight is 951 g/mol. The fourth-order valence-corrected chi connectivity index (χ4v) is 7.54. The van der Waals surface area contributed by atoms with Gasteiger partial charge >= 0.3 is 0 Å². The predicted molar refractivity (Wildman–Crippen MR) is 237 cm³/mol. The maximum Gasteiger partial charge on any atom is 0.267 e. The zero-order valence-electron chi connectivity index (χ0n) is 37.0. The number of hydrogen-bond donors (Lipinski definition) is 13. The Morgan fingerprint density at radius 1 is 0.735 bits per heavy atom. The van der Waals surface area contributed by atoms with E-state index in [0.717, 1.165) is 4.90 Å². The summed E-state index contributed by atoms with van der Waals surface area (Å²) in [7, 11) is 0. The summed E-state index contributed by atoms with van der Waals surface area (Å²) in [6.45, 7) is -0.0621. The van der Waals surface area contributed by atoms with Gasteiger partial charge in [0.05, 0.1) is 19.2 Å². The number of nitrogens with two attached hydrogens (primary N) is 2. The van der Waals surface area contributed by atoms with Gasteiger partial charge in [0.15, 0.2) is 6.29 Å². The van der Waals surface area contributed by atoms with Gasteiger partial charge in [0.25, 0.3) is 5.91 Å². The van der Waals surface area contributed by atoms with E-state index in [2.05, 4.69) is 26.6 Å². The lowest BCUT2D eigenvalue weighted by Crippen LogP contribution is -2.62. The summed E-state index contributed by atoms with van der Waals surface area (Å²) in [6, 6.07) is 14.5. The van der Waals surface area contributed by atoms with E-state index < -0.39 is 122 Å². The fraction of sp³-hybridized carbons (Fsp3) is 0.444. The van der Waals surface area contributed by atoms with Crippen LogP contribution in [0.4, 0.5) is 0 Å². The van der Waals surface area contributed by atoms with E-state index in [1.165, 1.54) is 43.3 Å². The number of nitrogens with zero attached hydrogens (tertiary/aromatic N) is 1. The Balaban J connectivity index is 1.24. The van der Waals surface area contributed by atoms with Crippen molar-refractivity contribution in [1.29, 1.82) is 0 Å². The van der Waals surface area contributed by atoms with Crippen molar-refractivity contribution in [3.63, 3.8) is 0 Å². The molecule has 23 nitrogen and oxygen atoms in total. The summed E-state index contributed by atoms with van der Waals surface area (Å²) in [5, 5.41) is 72.1. The third kappa shape index (κ3) is 14.4. The molecule has 3 aromatic carbocycles. The van der Waals surface area contributed by atoms with Crippen molar-refractivity contribution < 1.29 is 73.7 Å². The van der Waals surface area contributed by atoms with Crippen LogP contribution in [0.5, 0.6) is 11.5 Å². The van der Waals surface area contributed by atoms with E-state index in [1.807, 2.05) is 0 Å². The minimum Gasteiger partial charge on any atom is -0.508 e. The zero-order chi connectivity index (χ0) is 49.7. The Bertz CT molecular complexity index is 2220. The van der Waals surface area contributed by atoms with Gasteiger partial charge in [-0.15, -0.1) is 0 Å². The average Bonchev–Trinajstić information content (AvgIpc) is 3.82. The van der Waals surface area contributed by atoms with Crippen molar-refractivity contribution in [1.82, 2.24) is 31.5 Å². The van der Waals surface area contributed by atoms with E-state index in [9.17, 15) is 64.2 Å². The van der Waals surface area contributed by atoms with Crippen molar-refractivity contribution in [2.24, 2.45) is 11.5 Å². The number of phenolic OH excluding ortho intramolecular Hbond substituents is 2. The van der Waals surface area contributed by atoms with Gasteiger partial charge in [-0.3, -0.25) is 33.6 Å². The quantitative estimate of drug-likeness (QED) is 0.0450. The maximum atomic E-state index is 14.3. The Hall–Kier alpha value is -6.73. The van der Waals surface area contributed by atoms with Gasteiger partial charge < -0.3 is 83.1 Å². The second-order valence-corrected chi connectivity index (χ2v) is 16.5. The second-order valence-electron chi connectivity index (χ2n) is 16.5. The largest absolute Gasteiger partial charge is 0.508 e. The van der Waals surface area contributed by atoms with E-state index in [-0.39, 0.29) is 43.7 Å². The van der Waals surface area contributed by atoms with Gasteiger partial charge in [-0.2, -0.15) is 0 Å². The second kappa shape index (κ2) is 24.3. The number of likely N-dealkylation sites (tertiary alicyclic amines) is 1. The van der Waals surface area contributed by atoms with Crippen LogP contribution in [0.15, 0.2) is 78.9 Å². The van der Waals surface area contributed by atoms with Crippen molar-refractivity contribution >= 4 is 41.4 Å². The first-order chi connectivity index (χ1) is 32.3. The summed E-state index contributed by atoms with van der Waals surface area (Å²) in [4.78, 5) is 95.1. The summed E-state index contributed by atoms with van der Waals surface area (Å²) in [6.07, 6.45) is -10.4. The summed E-state index contributed by atoms with van der Waals surface area (Å²) >= 11 is 0. The monoisotopic (exact) mass is 950 g/mol. The van der Waals surface area contributed by atoms with E-state index in [0.29, 0.717) is 23.1 Å². The van der Waals surface area contributed by atoms with E-state index in [1.54, 1.807) is 42.5 Å². The molecule has 0 saturated carbocycles. The number of amides is 7. The van der Waals surface area contributed by atoms with Crippen LogP contribution in [0.2, 0.25) is 0 Å². The lowest BCUT2D eigenvalue weighted by Gasteiger charge is -2.40. The van der Waals surface area contributed by atoms with Gasteiger partial charge in [-0.1, -0.05) is 54.6 Å². The molecule has 2 fully saturated rings. The molecule has 15 N–H and O–H groups in total. The third-order valence-corrected chi connectivity index (χ3v) is 11.3. The molecule has 0 aromatic heterocycles. The first-order valence-electron chi connectivity index (χ1n) is 21.7. The highest BCUT2D eigenvalue weighted by atomic mass is 16.7. The number of carbonyl (C=O) groups excluding carboxylic acids is 7. The van der Waals surface area contributed by atoms with Crippen molar-refractivity contribution in [3.8, 4) is 11.5 Å². The molecule has 0 unspecified atom stereocenters. The number of aromatic hydroxyl groups is 2. The lowest BCUT2D eigenvalue weighted by molar-refractivity contribution is -0.310. The maximum absolute atomic E-state index is 14.3. The molecule has 2 aliphatic rings. The van der Waals surface area contributed by atoms with Gasteiger partial charge in [0.1, 0.15) is 60.1 Å². The van der Waals surface area contributed by atoms with Crippen molar-refractivity contribution in [3.05, 3.63) is 95.6 Å². The molecule has 0 bridgehead atoms. The topological polar surface area (TPSA) is 375 Å². The number of rotatable bonds is 21. The van der Waals surface area contributed by atoms with E-state index >= 15 is 0 Å². The van der Waals surface area contributed by atoms with Gasteiger partial charge in [-0.25, -0.2) is 0 Å². The SMILES string of the molecule is C[C@@H](NC(=O)[C@@H](N)Cc1ccc(O)cc1)C(=O)N[C@@H](Cc1ccccc1)C(=O)NCC(=O)N[C@@H](Cc1ccc(O)cc1)C(=O)N1CCC[C@H]1C(=O)N[C@@H](O[C@H]1O[C@H](CO)[C@H](O)[C@H](O)[C@H]1O)C(N)=O. The minimum absolute atomic E-state index is 0.0222. The summed E-state index contributed by atoms with van der Waals surface area (Å²) < 4.78 is 10.6. The highest BCUT2D eigenvalue weighted by molar-refractivity contribution is 5.96. The number of aliphatic hydroxyl groups excluding tert-OH is 4. The Morgan fingerprint density at radius 3 is 1.93 bits per heavy atom. The molecule has 368 valence electrons. The highest BCUT2D eigenvalue weighted by Gasteiger charge is 2.46. The molecule has 2 saturated heterocycles. The normalized spacial score (nSPS) is 22.4. The van der Waals surface area contributed by atoms with Crippen LogP contribution in [-0.4, -0.2) is 164 Å². The molecule has 0 aliphatic carbocycles. The number of carbonyl (C=O) groups is 7. The van der Waals surface area contributed by atoms with Crippen LogP contribution in [0.1, 0.15) is 36.5 Å². The van der Waals surface area contributed by atoms with Gasteiger partial charge in [0.2, 0.25) is 41.7 Å². The van der Waals surface area contributed by atoms with Gasteiger partial charge in [0, 0.05) is 19.4 Å². The Labute approximate surface area is 390 Å². The Kier molecular flexibility index (Phi) is 18.7. The molecule has 0 spiro atoms. The molecule has 2 aliphatic heterocycles. The first-order valence-corrected chi connectivity index (χ1v) is 21.7. The summed E-state index contributed by atoms with van der Waals surface area (Å²) in [5.74, 6) is -5.97. The molecule has 0 radical (unpaired) electrons. The number of primary amides is 1. The zero-order valence-corrected chi connectivity index (χ0v) is 37.0. The van der Waals surface area contributed by atoms with Crippen LogP contribution in [0.3, 0.4) is 0 Å². The molecule has 2 heterocycles. The number of aliphatic hydroxyl groups is 4. The first kappa shape index (κ1) is 52.2. The van der Waals surface area contributed by atoms with Crippen LogP contribution in [-0.2, 0) is 62.3 Å². The van der Waals surface area contributed by atoms with E-state index in [4.69, 9.17) is 20.9 Å². The molecule has 7 amide bonds. The predicted octanol–water partition coefficient (Wildman–Crippen LogP) is -4.22. The molecular weight excluding hydrogens is 893 g/mol. The Morgan fingerprint density at radius 2 is 1.32 bits per heavy atom. The smallest absolute Gasteiger partial charge is 0.267 e. The molecule has 5 rings (SSSR count). The van der Waals surface area contributed by atoms with Crippen molar-refractivity contribution in [2.75, 3.05) is 19.7 Å². The molecule has 68 heavy (non-hydrogen) atoms. The number of benzene rings is 3. The molecular formula is C45H58N8O15. The fourth-order valence-electron chi connectivity index (χ4n) is 7.54.